The molecule has 210 valence electrons. The first-order valence-corrected chi connectivity index (χ1v) is 13.4. The number of carbonyl (C=O) groups is 2. The summed E-state index contributed by atoms with van der Waals surface area (Å²) in [5.41, 5.74) is 1.41. The lowest BCUT2D eigenvalue weighted by Gasteiger charge is -2.14. The molecule has 5 rings (SSSR count). The Morgan fingerprint density at radius 2 is 1.88 bits per heavy atom. The van der Waals surface area contributed by atoms with Crippen LogP contribution in [0.4, 0.5) is 5.69 Å². The first-order valence-electron chi connectivity index (χ1n) is 12.6. The minimum Gasteiger partial charge on any atom is -0.497 e. The molecule has 41 heavy (non-hydrogen) atoms. The molecule has 1 saturated heterocycles. The second-order valence-electron chi connectivity index (χ2n) is 8.67. The number of amidine groups is 1. The summed E-state index contributed by atoms with van der Waals surface area (Å²) in [5.74, 6) is 1.12. The van der Waals surface area contributed by atoms with Gasteiger partial charge in [-0.05, 0) is 91.0 Å². The fourth-order valence-corrected chi connectivity index (χ4v) is 4.93. The van der Waals surface area contributed by atoms with E-state index in [0.717, 1.165) is 5.56 Å². The number of aromatic carboxylic acids is 1. The Labute approximate surface area is 239 Å². The molecular weight excluding hydrogens is 548 g/mol. The number of hydrogen-bond donors (Lipinski definition) is 1. The van der Waals surface area contributed by atoms with Crippen molar-refractivity contribution >= 4 is 40.6 Å². The summed E-state index contributed by atoms with van der Waals surface area (Å²) < 4.78 is 27.6. The first kappa shape index (κ1) is 27.7. The predicted molar refractivity (Wildman–Crippen MR) is 153 cm³/mol. The molecule has 0 unspecified atom stereocenters. The number of carboxylic acids is 1. The SMILES string of the molecule is CCOc1cc(C=C2SC(=Nc3ccc(OC)cc3)N(Cc3ccco3)C2=O)ccc1OCc1ccc(C(=O)O)o1. The average molecular weight is 575 g/mol. The molecule has 0 aliphatic carbocycles. The summed E-state index contributed by atoms with van der Waals surface area (Å²) in [6, 6.07) is 19.1. The maximum atomic E-state index is 13.5. The molecule has 11 heteroatoms. The number of aliphatic imine (C=N–C) groups is 1. The van der Waals surface area contributed by atoms with Gasteiger partial charge in [-0.15, -0.1) is 0 Å². The largest absolute Gasteiger partial charge is 0.497 e. The topological polar surface area (TPSA) is 124 Å². The highest BCUT2D eigenvalue weighted by Gasteiger charge is 2.34. The van der Waals surface area contributed by atoms with Crippen LogP contribution in [0, 0.1) is 0 Å². The van der Waals surface area contributed by atoms with Crippen LogP contribution in [0.3, 0.4) is 0 Å². The highest BCUT2D eigenvalue weighted by molar-refractivity contribution is 8.18. The maximum Gasteiger partial charge on any atom is 0.371 e. The zero-order chi connectivity index (χ0) is 28.8. The van der Waals surface area contributed by atoms with Gasteiger partial charge in [-0.25, -0.2) is 9.79 Å². The Hall–Kier alpha value is -4.90. The minimum atomic E-state index is -1.15. The van der Waals surface area contributed by atoms with Gasteiger partial charge in [0, 0.05) is 0 Å². The lowest BCUT2D eigenvalue weighted by Crippen LogP contribution is -2.28. The number of benzene rings is 2. The Bertz CT molecular complexity index is 1590. The summed E-state index contributed by atoms with van der Waals surface area (Å²) in [7, 11) is 1.60. The van der Waals surface area contributed by atoms with Crippen LogP contribution < -0.4 is 14.2 Å². The highest BCUT2D eigenvalue weighted by Crippen LogP contribution is 2.37. The smallest absolute Gasteiger partial charge is 0.371 e. The van der Waals surface area contributed by atoms with Gasteiger partial charge in [-0.1, -0.05) is 6.07 Å². The first-order chi connectivity index (χ1) is 19.9. The molecule has 1 fully saturated rings. The molecule has 4 aromatic rings. The van der Waals surface area contributed by atoms with Crippen molar-refractivity contribution in [1.29, 1.82) is 0 Å². The van der Waals surface area contributed by atoms with E-state index < -0.39 is 5.97 Å². The molecule has 1 N–H and O–H groups in total. The van der Waals surface area contributed by atoms with Crippen molar-refractivity contribution in [2.75, 3.05) is 13.7 Å². The van der Waals surface area contributed by atoms with Crippen LogP contribution in [0.15, 0.2) is 91.7 Å². The summed E-state index contributed by atoms with van der Waals surface area (Å²) >= 11 is 1.27. The van der Waals surface area contributed by atoms with Crippen LogP contribution in [-0.2, 0) is 17.9 Å². The van der Waals surface area contributed by atoms with Gasteiger partial charge in [0.25, 0.3) is 5.91 Å². The molecule has 0 atom stereocenters. The van der Waals surface area contributed by atoms with E-state index in [1.165, 1.54) is 17.8 Å². The Kier molecular flexibility index (Phi) is 8.44. The van der Waals surface area contributed by atoms with Crippen LogP contribution in [0.2, 0.25) is 0 Å². The number of carbonyl (C=O) groups excluding carboxylic acids is 1. The van der Waals surface area contributed by atoms with Crippen molar-refractivity contribution in [1.82, 2.24) is 4.90 Å². The number of carboxylic acid groups (broad SMARTS) is 1. The van der Waals surface area contributed by atoms with Crippen molar-refractivity contribution in [2.45, 2.75) is 20.1 Å². The van der Waals surface area contributed by atoms with E-state index in [0.29, 0.717) is 51.1 Å². The molecule has 1 aliphatic heterocycles. The fraction of sp³-hybridized carbons (Fsp3) is 0.167. The molecule has 0 radical (unpaired) electrons. The number of ether oxygens (including phenoxy) is 3. The normalized spacial score (nSPS) is 15.1. The lowest BCUT2D eigenvalue weighted by molar-refractivity contribution is -0.122. The van der Waals surface area contributed by atoms with Crippen molar-refractivity contribution in [2.24, 2.45) is 4.99 Å². The van der Waals surface area contributed by atoms with Gasteiger partial charge in [0.05, 0.1) is 37.1 Å². The summed E-state index contributed by atoms with van der Waals surface area (Å²) in [4.78, 5) is 31.4. The number of furan rings is 2. The lowest BCUT2D eigenvalue weighted by atomic mass is 10.2. The monoisotopic (exact) mass is 574 g/mol. The Balaban J connectivity index is 1.39. The van der Waals surface area contributed by atoms with Gasteiger partial charge in [0.1, 0.15) is 23.9 Å². The van der Waals surface area contributed by atoms with Crippen LogP contribution in [0.5, 0.6) is 17.2 Å². The molecule has 1 amide bonds. The third-order valence-corrected chi connectivity index (χ3v) is 6.89. The molecule has 10 nitrogen and oxygen atoms in total. The van der Waals surface area contributed by atoms with E-state index >= 15 is 0 Å². The zero-order valence-electron chi connectivity index (χ0n) is 22.2. The van der Waals surface area contributed by atoms with Crippen LogP contribution in [0.1, 0.15) is 34.6 Å². The number of rotatable bonds is 11. The van der Waals surface area contributed by atoms with Crippen LogP contribution >= 0.6 is 11.8 Å². The fourth-order valence-electron chi connectivity index (χ4n) is 3.93. The quantitative estimate of drug-likeness (QED) is 0.204. The van der Waals surface area contributed by atoms with Gasteiger partial charge >= 0.3 is 5.97 Å². The molecule has 0 saturated carbocycles. The summed E-state index contributed by atoms with van der Waals surface area (Å²) in [6.45, 7) is 2.50. The van der Waals surface area contributed by atoms with Gasteiger partial charge in [-0.3, -0.25) is 9.69 Å². The van der Waals surface area contributed by atoms with Crippen molar-refractivity contribution in [3.63, 3.8) is 0 Å². The Morgan fingerprint density at radius 3 is 2.56 bits per heavy atom. The second-order valence-corrected chi connectivity index (χ2v) is 9.68. The van der Waals surface area contributed by atoms with Gasteiger partial charge < -0.3 is 28.2 Å². The predicted octanol–water partition coefficient (Wildman–Crippen LogP) is 6.36. The minimum absolute atomic E-state index is 0.0229. The average Bonchev–Trinajstić information content (AvgIpc) is 3.72. The standard InChI is InChI=1S/C30H26N2O8S/c1-3-37-26-15-19(6-12-24(26)39-18-23-11-13-25(40-23)29(34)35)16-27-28(33)32(17-22-5-4-14-38-22)30(41-27)31-20-7-9-21(36-2)10-8-20/h4-16H,3,17-18H2,1-2H3,(H,34,35). The summed E-state index contributed by atoms with van der Waals surface area (Å²) in [5, 5.41) is 9.57. The van der Waals surface area contributed by atoms with E-state index in [1.807, 2.05) is 37.3 Å². The molecule has 0 bridgehead atoms. The highest BCUT2D eigenvalue weighted by atomic mass is 32.2. The number of hydrogen-bond acceptors (Lipinski definition) is 9. The number of nitrogens with zero attached hydrogens (tertiary/aromatic N) is 2. The van der Waals surface area contributed by atoms with Crippen molar-refractivity contribution < 1.29 is 37.7 Å². The molecule has 0 spiro atoms. The van der Waals surface area contributed by atoms with E-state index in [1.54, 1.807) is 54.7 Å². The zero-order valence-corrected chi connectivity index (χ0v) is 23.1. The number of methoxy groups -OCH3 is 1. The van der Waals surface area contributed by atoms with E-state index in [2.05, 4.69) is 0 Å². The van der Waals surface area contributed by atoms with E-state index in [-0.39, 0.29) is 24.8 Å². The summed E-state index contributed by atoms with van der Waals surface area (Å²) in [6.07, 6.45) is 3.34. The van der Waals surface area contributed by atoms with Crippen LogP contribution in [0.25, 0.3) is 6.08 Å². The van der Waals surface area contributed by atoms with Gasteiger partial charge in [0.2, 0.25) is 5.76 Å². The van der Waals surface area contributed by atoms with Crippen molar-refractivity contribution in [3.8, 4) is 17.2 Å². The van der Waals surface area contributed by atoms with Gasteiger partial charge in [-0.2, -0.15) is 0 Å². The molecule has 3 heterocycles. The Morgan fingerprint density at radius 1 is 1.05 bits per heavy atom. The third-order valence-electron chi connectivity index (χ3n) is 5.89. The second kappa shape index (κ2) is 12.5. The molecule has 2 aromatic carbocycles. The molecular formula is C30H26N2O8S. The molecule has 1 aliphatic rings. The van der Waals surface area contributed by atoms with E-state index in [4.69, 9.17) is 33.1 Å². The number of amides is 1. The third kappa shape index (κ3) is 6.64. The van der Waals surface area contributed by atoms with Gasteiger partial charge in [0.15, 0.2) is 16.7 Å². The number of thioether (sulfide) groups is 1. The van der Waals surface area contributed by atoms with Crippen molar-refractivity contribution in [3.05, 3.63) is 101 Å². The van der Waals surface area contributed by atoms with Crippen LogP contribution in [-0.4, -0.2) is 40.8 Å². The maximum absolute atomic E-state index is 13.5. The molecule has 2 aromatic heterocycles. The van der Waals surface area contributed by atoms with E-state index in [9.17, 15) is 9.59 Å².